The molecule has 1 N–H and O–H groups in total. The maximum Gasteiger partial charge on any atom is 0.0800 e. The highest BCUT2D eigenvalue weighted by Crippen LogP contribution is 2.27. The molecule has 0 radical (unpaired) electrons. The third kappa shape index (κ3) is 10.3. The summed E-state index contributed by atoms with van der Waals surface area (Å²) < 4.78 is 0. The fourth-order valence-electron chi connectivity index (χ4n) is 2.17. The summed E-state index contributed by atoms with van der Waals surface area (Å²) in [7, 11) is 0. The molecule has 0 bridgehead atoms. The van der Waals surface area contributed by atoms with E-state index in [4.69, 9.17) is 0 Å². The lowest BCUT2D eigenvalue weighted by atomic mass is 9.86. The third-order valence-electron chi connectivity index (χ3n) is 3.98. The molecule has 1 rings (SSSR count). The molecule has 0 heterocycles. The van der Waals surface area contributed by atoms with E-state index in [1.54, 1.807) is 18.6 Å². The molecule has 0 saturated heterocycles. The first-order chi connectivity index (χ1) is 9.68. The molecule has 0 fully saturated rings. The number of rotatable bonds is 5. The Labute approximate surface area is 132 Å². The van der Waals surface area contributed by atoms with Gasteiger partial charge >= 0.3 is 0 Å². The van der Waals surface area contributed by atoms with Crippen LogP contribution in [0.4, 0.5) is 0 Å². The molecule has 1 heteroatoms. The van der Waals surface area contributed by atoms with Gasteiger partial charge in [0.1, 0.15) is 0 Å². The summed E-state index contributed by atoms with van der Waals surface area (Å²) in [4.78, 5) is 0. The second-order valence-corrected chi connectivity index (χ2v) is 6.75. The van der Waals surface area contributed by atoms with Crippen LogP contribution in [0.1, 0.15) is 66.7 Å². The van der Waals surface area contributed by atoms with Crippen molar-refractivity contribution in [2.75, 3.05) is 0 Å². The first-order valence-electron chi connectivity index (χ1n) is 7.98. The summed E-state index contributed by atoms with van der Waals surface area (Å²) in [5.41, 5.74) is 3.50. The van der Waals surface area contributed by atoms with Crippen molar-refractivity contribution in [2.45, 2.75) is 72.3 Å². The van der Waals surface area contributed by atoms with Crippen LogP contribution < -0.4 is 0 Å². The van der Waals surface area contributed by atoms with Crippen molar-refractivity contribution >= 4 is 0 Å². The lowest BCUT2D eigenvalue weighted by Gasteiger charge is -2.19. The summed E-state index contributed by atoms with van der Waals surface area (Å²) in [5.74, 6) is 0.767. The van der Waals surface area contributed by atoms with Crippen LogP contribution in [0.5, 0.6) is 0 Å². The maximum atomic E-state index is 9.49. The highest BCUT2D eigenvalue weighted by molar-refractivity contribution is 5.09. The van der Waals surface area contributed by atoms with E-state index in [0.717, 1.165) is 18.8 Å². The van der Waals surface area contributed by atoms with Gasteiger partial charge in [-0.1, -0.05) is 41.5 Å². The summed E-state index contributed by atoms with van der Waals surface area (Å²) in [6.45, 7) is 17.8. The van der Waals surface area contributed by atoms with Gasteiger partial charge in [0.15, 0.2) is 0 Å². The molecule has 0 aromatic heterocycles. The molecule has 1 aliphatic carbocycles. The Bertz CT molecular complexity index is 392. The van der Waals surface area contributed by atoms with Crippen molar-refractivity contribution in [3.05, 3.63) is 48.1 Å². The Morgan fingerprint density at radius 3 is 2.43 bits per heavy atom. The van der Waals surface area contributed by atoms with Crippen LogP contribution in [0.2, 0.25) is 0 Å². The van der Waals surface area contributed by atoms with E-state index in [0.29, 0.717) is 0 Å². The average Bonchev–Trinajstić information content (AvgIpc) is 2.39. The molecule has 0 saturated carbocycles. The molecule has 21 heavy (non-hydrogen) atoms. The predicted molar refractivity (Wildman–Crippen MR) is 95.4 cm³/mol. The zero-order valence-electron chi connectivity index (χ0n) is 14.7. The maximum absolute atomic E-state index is 9.49. The van der Waals surface area contributed by atoms with Gasteiger partial charge in [0.2, 0.25) is 0 Å². The number of hydrogen-bond acceptors (Lipinski definition) is 1. The van der Waals surface area contributed by atoms with E-state index in [-0.39, 0.29) is 0 Å². The lowest BCUT2D eigenvalue weighted by Crippen LogP contribution is -2.19. The SMILES string of the molecule is C=C(C)C1CC=C(C)CC1.C=CC(C)(O)CCC=C(C)C. The first kappa shape index (κ1) is 19.9. The van der Waals surface area contributed by atoms with E-state index in [1.807, 2.05) is 0 Å². The second kappa shape index (κ2) is 9.78. The Balaban J connectivity index is 0.000000382. The molecular weight excluding hydrogens is 256 g/mol. The zero-order chi connectivity index (χ0) is 16.5. The van der Waals surface area contributed by atoms with Crippen molar-refractivity contribution in [1.29, 1.82) is 0 Å². The zero-order valence-corrected chi connectivity index (χ0v) is 14.7. The van der Waals surface area contributed by atoms with Crippen LogP contribution in [0.15, 0.2) is 48.1 Å². The molecule has 2 unspecified atom stereocenters. The summed E-state index contributed by atoms with van der Waals surface area (Å²) in [5, 5.41) is 9.49. The van der Waals surface area contributed by atoms with Crippen LogP contribution in [0, 0.1) is 5.92 Å². The number of allylic oxidation sites excluding steroid dienone is 5. The third-order valence-corrected chi connectivity index (χ3v) is 3.98. The molecule has 0 aromatic rings. The summed E-state index contributed by atoms with van der Waals surface area (Å²) in [6, 6.07) is 0. The molecule has 2 atom stereocenters. The fourth-order valence-corrected chi connectivity index (χ4v) is 2.17. The minimum absolute atomic E-state index is 0.702. The average molecular weight is 290 g/mol. The Hall–Kier alpha value is -1.08. The fraction of sp³-hybridized carbons (Fsp3) is 0.600. The summed E-state index contributed by atoms with van der Waals surface area (Å²) in [6.07, 6.45) is 11.5. The van der Waals surface area contributed by atoms with Crippen molar-refractivity contribution < 1.29 is 5.11 Å². The van der Waals surface area contributed by atoms with Gasteiger partial charge in [-0.15, -0.1) is 6.58 Å². The molecule has 0 aromatic carbocycles. The minimum Gasteiger partial charge on any atom is -0.386 e. The molecule has 0 aliphatic heterocycles. The minimum atomic E-state index is -0.702. The van der Waals surface area contributed by atoms with Crippen LogP contribution in [-0.2, 0) is 0 Å². The van der Waals surface area contributed by atoms with Crippen molar-refractivity contribution in [1.82, 2.24) is 0 Å². The van der Waals surface area contributed by atoms with Crippen LogP contribution in [0.25, 0.3) is 0 Å². The van der Waals surface area contributed by atoms with Gasteiger partial charge in [0.25, 0.3) is 0 Å². The molecule has 1 aliphatic rings. The summed E-state index contributed by atoms with van der Waals surface area (Å²) >= 11 is 0. The Morgan fingerprint density at radius 2 is 2.05 bits per heavy atom. The highest BCUT2D eigenvalue weighted by atomic mass is 16.3. The standard InChI is InChI=1S/C10H18O.C10H16/c1-5-10(4,11)8-6-7-9(2)3;1-8(2)10-6-4-9(3)5-7-10/h5,7,11H,1,6,8H2,2-4H3;4,10H,1,5-7H2,2-3H3. The molecule has 0 spiro atoms. The van der Waals surface area contributed by atoms with E-state index < -0.39 is 5.60 Å². The van der Waals surface area contributed by atoms with Crippen LogP contribution in [0.3, 0.4) is 0 Å². The number of hydrogen-bond donors (Lipinski definition) is 1. The normalized spacial score (nSPS) is 20.3. The van der Waals surface area contributed by atoms with Gasteiger partial charge < -0.3 is 5.11 Å². The Kier molecular flexibility index (Phi) is 9.28. The smallest absolute Gasteiger partial charge is 0.0800 e. The lowest BCUT2D eigenvalue weighted by molar-refractivity contribution is 0.103. The topological polar surface area (TPSA) is 20.2 Å². The molecule has 120 valence electrons. The van der Waals surface area contributed by atoms with Crippen LogP contribution in [-0.4, -0.2) is 10.7 Å². The van der Waals surface area contributed by atoms with Crippen LogP contribution >= 0.6 is 0 Å². The van der Waals surface area contributed by atoms with Gasteiger partial charge in [0, 0.05) is 0 Å². The van der Waals surface area contributed by atoms with Gasteiger partial charge in [0.05, 0.1) is 5.60 Å². The van der Waals surface area contributed by atoms with E-state index >= 15 is 0 Å². The van der Waals surface area contributed by atoms with E-state index in [2.05, 4.69) is 53.0 Å². The quantitative estimate of drug-likeness (QED) is 0.618. The first-order valence-corrected chi connectivity index (χ1v) is 7.98. The molecular formula is C20H34O. The van der Waals surface area contributed by atoms with Crippen molar-refractivity contribution in [3.63, 3.8) is 0 Å². The van der Waals surface area contributed by atoms with Crippen molar-refractivity contribution in [2.24, 2.45) is 5.92 Å². The number of aliphatic hydroxyl groups is 1. The van der Waals surface area contributed by atoms with Gasteiger partial charge in [-0.2, -0.15) is 0 Å². The second-order valence-electron chi connectivity index (χ2n) is 6.75. The van der Waals surface area contributed by atoms with E-state index in [1.165, 1.54) is 30.4 Å². The predicted octanol–water partition coefficient (Wildman–Crippen LogP) is 5.98. The molecule has 0 amide bonds. The van der Waals surface area contributed by atoms with Crippen molar-refractivity contribution in [3.8, 4) is 0 Å². The Morgan fingerprint density at radius 1 is 1.43 bits per heavy atom. The van der Waals surface area contributed by atoms with Gasteiger partial charge in [-0.3, -0.25) is 0 Å². The molecule has 1 nitrogen and oxygen atoms in total. The van der Waals surface area contributed by atoms with E-state index in [9.17, 15) is 5.11 Å². The van der Waals surface area contributed by atoms with Gasteiger partial charge in [-0.05, 0) is 72.6 Å². The van der Waals surface area contributed by atoms with Gasteiger partial charge in [-0.25, -0.2) is 0 Å². The highest BCUT2D eigenvalue weighted by Gasteiger charge is 2.13. The largest absolute Gasteiger partial charge is 0.386 e. The monoisotopic (exact) mass is 290 g/mol.